The molecule has 0 aromatic rings. The summed E-state index contributed by atoms with van der Waals surface area (Å²) in [6.45, 7) is 0. The van der Waals surface area contributed by atoms with Crippen LogP contribution in [0.5, 0.6) is 0 Å². The van der Waals surface area contributed by atoms with Crippen LogP contribution in [0, 0.1) is 0 Å². The molecule has 68 valence electrons. The molecule has 0 saturated heterocycles. The number of halogens is 5. The van der Waals surface area contributed by atoms with Crippen molar-refractivity contribution in [3.05, 3.63) is 22.0 Å². The molecule has 0 saturated carbocycles. The van der Waals surface area contributed by atoms with Crippen LogP contribution in [0.2, 0.25) is 0 Å². The zero-order chi connectivity index (χ0) is 9.35. The van der Waals surface area contributed by atoms with Crippen LogP contribution in [-0.4, -0.2) is 6.18 Å². The van der Waals surface area contributed by atoms with E-state index in [0.29, 0.717) is 4.48 Å². The van der Waals surface area contributed by atoms with E-state index < -0.39 is 17.6 Å². The Balaban J connectivity index is 2.98. The minimum atomic E-state index is -4.53. The van der Waals surface area contributed by atoms with E-state index in [4.69, 9.17) is 0 Å². The molecule has 12 heavy (non-hydrogen) atoms. The lowest BCUT2D eigenvalue weighted by Gasteiger charge is -2.15. The highest BCUT2D eigenvalue weighted by Crippen LogP contribution is 2.37. The van der Waals surface area contributed by atoms with Gasteiger partial charge in [0.15, 0.2) is 0 Å². The first-order valence-electron chi connectivity index (χ1n) is 3.23. The van der Waals surface area contributed by atoms with Gasteiger partial charge >= 0.3 is 6.18 Å². The van der Waals surface area contributed by atoms with E-state index in [1.54, 1.807) is 0 Å². The average Bonchev–Trinajstić information content (AvgIpc) is 1.83. The summed E-state index contributed by atoms with van der Waals surface area (Å²) in [6, 6.07) is 0. The van der Waals surface area contributed by atoms with Crippen LogP contribution in [0.3, 0.4) is 0 Å². The summed E-state index contributed by atoms with van der Waals surface area (Å²) in [5.74, 6) is -1.18. The monoisotopic (exact) mass is 244 g/mol. The van der Waals surface area contributed by atoms with Gasteiger partial charge in [-0.1, -0.05) is 15.9 Å². The summed E-state index contributed by atoms with van der Waals surface area (Å²) in [6.07, 6.45) is -3.74. The fourth-order valence-electron chi connectivity index (χ4n) is 0.938. The van der Waals surface area contributed by atoms with Crippen molar-refractivity contribution >= 4 is 15.9 Å². The molecule has 0 fully saturated rings. The SMILES string of the molecule is FC1=C(C(F)(F)F)CCC(Br)=C1. The Hall–Kier alpha value is -0.320. The third kappa shape index (κ3) is 2.09. The lowest BCUT2D eigenvalue weighted by Crippen LogP contribution is -2.14. The zero-order valence-electron chi connectivity index (χ0n) is 5.88. The number of allylic oxidation sites excluding steroid dienone is 4. The maximum Gasteiger partial charge on any atom is 0.415 e. The van der Waals surface area contributed by atoms with E-state index in [1.807, 2.05) is 0 Å². The first kappa shape index (κ1) is 9.77. The smallest absolute Gasteiger partial charge is 0.207 e. The Morgan fingerprint density at radius 1 is 1.25 bits per heavy atom. The normalized spacial score (nSPS) is 19.6. The van der Waals surface area contributed by atoms with Crippen molar-refractivity contribution in [2.75, 3.05) is 0 Å². The van der Waals surface area contributed by atoms with Crippen LogP contribution in [0.15, 0.2) is 22.0 Å². The predicted octanol–water partition coefficient (Wildman–Crippen LogP) is 3.84. The molecule has 1 aliphatic rings. The standard InChI is InChI=1S/C7H5BrF4/c8-4-1-2-5(6(9)3-4)7(10,11)12/h3H,1-2H2. The van der Waals surface area contributed by atoms with Gasteiger partial charge in [-0.2, -0.15) is 13.2 Å². The van der Waals surface area contributed by atoms with Crippen molar-refractivity contribution in [3.8, 4) is 0 Å². The highest BCUT2D eigenvalue weighted by atomic mass is 79.9. The highest BCUT2D eigenvalue weighted by Gasteiger charge is 2.37. The Kier molecular flexibility index (Phi) is 2.61. The second-order valence-corrected chi connectivity index (χ2v) is 3.43. The Morgan fingerprint density at radius 3 is 2.25 bits per heavy atom. The quantitative estimate of drug-likeness (QED) is 0.568. The number of hydrogen-bond acceptors (Lipinski definition) is 0. The zero-order valence-corrected chi connectivity index (χ0v) is 7.47. The van der Waals surface area contributed by atoms with Gasteiger partial charge in [-0.25, -0.2) is 4.39 Å². The van der Waals surface area contributed by atoms with Crippen molar-refractivity contribution in [1.82, 2.24) is 0 Å². The molecule has 0 amide bonds. The molecular formula is C7H5BrF4. The van der Waals surface area contributed by atoms with E-state index in [0.717, 1.165) is 6.08 Å². The second kappa shape index (κ2) is 3.20. The molecule has 0 bridgehead atoms. The molecule has 0 aliphatic heterocycles. The fourth-order valence-corrected chi connectivity index (χ4v) is 1.34. The van der Waals surface area contributed by atoms with Crippen molar-refractivity contribution in [2.45, 2.75) is 19.0 Å². The molecular weight excluding hydrogens is 240 g/mol. The number of alkyl halides is 3. The first-order chi connectivity index (χ1) is 5.41. The maximum atomic E-state index is 12.6. The highest BCUT2D eigenvalue weighted by molar-refractivity contribution is 9.11. The summed E-state index contributed by atoms with van der Waals surface area (Å²) in [4.78, 5) is 0. The van der Waals surface area contributed by atoms with Gasteiger partial charge in [0, 0.05) is 0 Å². The second-order valence-electron chi connectivity index (χ2n) is 2.42. The fraction of sp³-hybridized carbons (Fsp3) is 0.429. The molecule has 0 atom stereocenters. The molecule has 0 spiro atoms. The first-order valence-corrected chi connectivity index (χ1v) is 4.02. The van der Waals surface area contributed by atoms with Crippen LogP contribution in [0.1, 0.15) is 12.8 Å². The average molecular weight is 245 g/mol. The van der Waals surface area contributed by atoms with Crippen LogP contribution in [-0.2, 0) is 0 Å². The van der Waals surface area contributed by atoms with E-state index in [-0.39, 0.29) is 12.8 Å². The molecule has 0 radical (unpaired) electrons. The van der Waals surface area contributed by atoms with E-state index in [1.165, 1.54) is 0 Å². The van der Waals surface area contributed by atoms with Gasteiger partial charge in [-0.05, 0) is 23.4 Å². The minimum Gasteiger partial charge on any atom is -0.207 e. The van der Waals surface area contributed by atoms with Crippen LogP contribution < -0.4 is 0 Å². The van der Waals surface area contributed by atoms with Crippen LogP contribution in [0.25, 0.3) is 0 Å². The van der Waals surface area contributed by atoms with Gasteiger partial charge in [0.2, 0.25) is 0 Å². The largest absolute Gasteiger partial charge is 0.415 e. The Morgan fingerprint density at radius 2 is 1.83 bits per heavy atom. The van der Waals surface area contributed by atoms with Crippen LogP contribution in [0.4, 0.5) is 17.6 Å². The van der Waals surface area contributed by atoms with Gasteiger partial charge in [0.1, 0.15) is 5.83 Å². The Labute approximate surface area is 75.1 Å². The van der Waals surface area contributed by atoms with Gasteiger partial charge in [0.05, 0.1) is 5.57 Å². The molecule has 5 heteroatoms. The molecule has 0 heterocycles. The number of rotatable bonds is 0. The van der Waals surface area contributed by atoms with Gasteiger partial charge in [-0.3, -0.25) is 0 Å². The summed E-state index contributed by atoms with van der Waals surface area (Å²) in [5, 5.41) is 0. The van der Waals surface area contributed by atoms with Crippen molar-refractivity contribution in [3.63, 3.8) is 0 Å². The van der Waals surface area contributed by atoms with Crippen molar-refractivity contribution in [1.29, 1.82) is 0 Å². The summed E-state index contributed by atoms with van der Waals surface area (Å²) in [7, 11) is 0. The molecule has 1 rings (SSSR count). The predicted molar refractivity (Wildman–Crippen MR) is 40.4 cm³/mol. The van der Waals surface area contributed by atoms with E-state index in [9.17, 15) is 17.6 Å². The third-order valence-corrected chi connectivity index (χ3v) is 2.15. The molecule has 0 nitrogen and oxygen atoms in total. The van der Waals surface area contributed by atoms with E-state index in [2.05, 4.69) is 15.9 Å². The summed E-state index contributed by atoms with van der Waals surface area (Å²) in [5.41, 5.74) is -1.06. The molecule has 0 aromatic carbocycles. The molecule has 0 N–H and O–H groups in total. The lowest BCUT2D eigenvalue weighted by atomic mass is 10.0. The Bertz CT molecular complexity index is 249. The van der Waals surface area contributed by atoms with Crippen molar-refractivity contribution in [2.24, 2.45) is 0 Å². The lowest BCUT2D eigenvalue weighted by molar-refractivity contribution is -0.0958. The van der Waals surface area contributed by atoms with Gasteiger partial charge in [-0.15, -0.1) is 0 Å². The third-order valence-electron chi connectivity index (χ3n) is 1.53. The molecule has 0 unspecified atom stereocenters. The topological polar surface area (TPSA) is 0 Å². The summed E-state index contributed by atoms with van der Waals surface area (Å²) >= 11 is 2.94. The number of hydrogen-bond donors (Lipinski definition) is 0. The van der Waals surface area contributed by atoms with Crippen molar-refractivity contribution < 1.29 is 17.6 Å². The maximum absolute atomic E-state index is 12.6. The van der Waals surface area contributed by atoms with Gasteiger partial charge in [0.25, 0.3) is 0 Å². The molecule has 0 aromatic heterocycles. The minimum absolute atomic E-state index is 0.211. The summed E-state index contributed by atoms with van der Waals surface area (Å²) < 4.78 is 49.0. The van der Waals surface area contributed by atoms with Crippen LogP contribution >= 0.6 is 15.9 Å². The van der Waals surface area contributed by atoms with E-state index >= 15 is 0 Å². The molecule has 1 aliphatic carbocycles. The van der Waals surface area contributed by atoms with Gasteiger partial charge < -0.3 is 0 Å².